The fourth-order valence-corrected chi connectivity index (χ4v) is 1.62. The molecule has 8 heteroatoms. The third kappa shape index (κ3) is 2.21. The van der Waals surface area contributed by atoms with E-state index in [2.05, 4.69) is 10.3 Å². The summed E-state index contributed by atoms with van der Waals surface area (Å²) in [6.45, 7) is -0.183. The van der Waals surface area contributed by atoms with E-state index in [1.165, 1.54) is 17.0 Å². The number of anilines is 2. The number of amides is 2. The van der Waals surface area contributed by atoms with Crippen LogP contribution in [0.15, 0.2) is 12.1 Å². The lowest BCUT2D eigenvalue weighted by molar-refractivity contribution is -0.130. The Morgan fingerprint density at radius 3 is 2.50 bits per heavy atom. The number of nitrogen functional groups attached to an aromatic ring is 1. The molecule has 1 aliphatic heterocycles. The van der Waals surface area contributed by atoms with Crippen LogP contribution in [0.25, 0.3) is 0 Å². The van der Waals surface area contributed by atoms with Crippen LogP contribution < -0.4 is 16.0 Å². The zero-order valence-electron chi connectivity index (χ0n) is 9.21. The molecule has 1 aliphatic rings. The van der Waals surface area contributed by atoms with Crippen LogP contribution in [0.5, 0.6) is 0 Å². The summed E-state index contributed by atoms with van der Waals surface area (Å²) in [5, 5.41) is 11.0. The summed E-state index contributed by atoms with van der Waals surface area (Å²) in [6.07, 6.45) is 0. The van der Waals surface area contributed by atoms with Crippen LogP contribution in [0.2, 0.25) is 0 Å². The highest BCUT2D eigenvalue weighted by molar-refractivity contribution is 6.03. The number of aromatic carboxylic acids is 1. The molecule has 94 valence electrons. The minimum absolute atomic E-state index is 0.0913. The van der Waals surface area contributed by atoms with Gasteiger partial charge in [-0.1, -0.05) is 0 Å². The number of carbonyl (C=O) groups is 3. The number of hydrogen-bond acceptors (Lipinski definition) is 6. The smallest absolute Gasteiger partial charge is 0.354 e. The van der Waals surface area contributed by atoms with Crippen molar-refractivity contribution in [2.75, 3.05) is 23.7 Å². The predicted octanol–water partition coefficient (Wildman–Crippen LogP) is -1.18. The highest BCUT2D eigenvalue weighted by Crippen LogP contribution is 2.21. The van der Waals surface area contributed by atoms with Crippen molar-refractivity contribution in [2.24, 2.45) is 0 Å². The molecular weight excluding hydrogens is 240 g/mol. The maximum atomic E-state index is 11.2. The van der Waals surface area contributed by atoms with Crippen LogP contribution >= 0.6 is 0 Å². The number of rotatable bonds is 2. The number of nitrogens with one attached hydrogen (secondary N) is 1. The van der Waals surface area contributed by atoms with E-state index in [-0.39, 0.29) is 30.3 Å². The average molecular weight is 250 g/mol. The van der Waals surface area contributed by atoms with Gasteiger partial charge in [-0.2, -0.15) is 0 Å². The number of nitrogens with zero attached hydrogens (tertiary/aromatic N) is 2. The number of carboxylic acids is 1. The standard InChI is InChI=1S/C10H10N4O4/c11-5-1-2-6(10(17)18)12-9(5)14-3-7(15)13-8(16)4-14/h1-2H,3-4,11H2,(H,17,18)(H,13,15,16). The number of carboxylic acid groups (broad SMARTS) is 1. The van der Waals surface area contributed by atoms with E-state index < -0.39 is 17.8 Å². The number of pyridine rings is 1. The lowest BCUT2D eigenvalue weighted by atomic mass is 10.2. The highest BCUT2D eigenvalue weighted by Gasteiger charge is 2.25. The van der Waals surface area contributed by atoms with Crippen molar-refractivity contribution in [3.05, 3.63) is 17.8 Å². The van der Waals surface area contributed by atoms with E-state index >= 15 is 0 Å². The molecular formula is C10H10N4O4. The second-order valence-corrected chi connectivity index (χ2v) is 3.74. The Morgan fingerprint density at radius 2 is 1.94 bits per heavy atom. The van der Waals surface area contributed by atoms with Gasteiger partial charge in [0.25, 0.3) is 0 Å². The predicted molar refractivity (Wildman–Crippen MR) is 61.0 cm³/mol. The number of carbonyl (C=O) groups excluding carboxylic acids is 2. The molecule has 0 unspecified atom stereocenters. The van der Waals surface area contributed by atoms with Crippen molar-refractivity contribution in [3.63, 3.8) is 0 Å². The Balaban J connectivity index is 2.37. The van der Waals surface area contributed by atoms with Crippen LogP contribution in [-0.4, -0.2) is 41.0 Å². The van der Waals surface area contributed by atoms with Gasteiger partial charge >= 0.3 is 5.97 Å². The van der Waals surface area contributed by atoms with Gasteiger partial charge in [0, 0.05) is 0 Å². The summed E-state index contributed by atoms with van der Waals surface area (Å²) in [5.41, 5.74) is 5.69. The minimum atomic E-state index is -1.20. The fraction of sp³-hybridized carbons (Fsp3) is 0.200. The first-order valence-corrected chi connectivity index (χ1v) is 5.05. The minimum Gasteiger partial charge on any atom is -0.477 e. The Hall–Kier alpha value is -2.64. The van der Waals surface area contributed by atoms with Gasteiger partial charge in [0.2, 0.25) is 11.8 Å². The Labute approximate surface area is 101 Å². The molecule has 18 heavy (non-hydrogen) atoms. The molecule has 4 N–H and O–H groups in total. The Bertz CT molecular complexity index is 527. The monoisotopic (exact) mass is 250 g/mol. The number of nitrogens with two attached hydrogens (primary N) is 1. The first-order valence-electron chi connectivity index (χ1n) is 5.05. The molecule has 0 bridgehead atoms. The summed E-state index contributed by atoms with van der Waals surface area (Å²) in [4.78, 5) is 38.4. The molecule has 8 nitrogen and oxygen atoms in total. The molecule has 0 spiro atoms. The van der Waals surface area contributed by atoms with Crippen molar-refractivity contribution in [3.8, 4) is 0 Å². The molecule has 2 amide bonds. The van der Waals surface area contributed by atoms with E-state index in [9.17, 15) is 14.4 Å². The summed E-state index contributed by atoms with van der Waals surface area (Å²) in [7, 11) is 0. The van der Waals surface area contributed by atoms with Gasteiger partial charge in [0.15, 0.2) is 11.5 Å². The lowest BCUT2D eigenvalue weighted by Crippen LogP contribution is -2.52. The number of imide groups is 1. The summed E-state index contributed by atoms with van der Waals surface area (Å²) >= 11 is 0. The maximum absolute atomic E-state index is 11.2. The van der Waals surface area contributed by atoms with Crippen LogP contribution in [0.3, 0.4) is 0 Å². The molecule has 0 aliphatic carbocycles. The zero-order valence-corrected chi connectivity index (χ0v) is 9.21. The van der Waals surface area contributed by atoms with E-state index in [0.29, 0.717) is 0 Å². The van der Waals surface area contributed by atoms with E-state index in [1.54, 1.807) is 0 Å². The summed E-state index contributed by atoms with van der Waals surface area (Å²) in [5.74, 6) is -2.04. The van der Waals surface area contributed by atoms with Crippen LogP contribution in [-0.2, 0) is 9.59 Å². The summed E-state index contributed by atoms with van der Waals surface area (Å²) in [6, 6.07) is 2.63. The van der Waals surface area contributed by atoms with Gasteiger partial charge in [-0.05, 0) is 12.1 Å². The molecule has 2 rings (SSSR count). The lowest BCUT2D eigenvalue weighted by Gasteiger charge is -2.27. The maximum Gasteiger partial charge on any atom is 0.354 e. The van der Waals surface area contributed by atoms with Crippen LogP contribution in [0.1, 0.15) is 10.5 Å². The largest absolute Gasteiger partial charge is 0.477 e. The van der Waals surface area contributed by atoms with Crippen molar-refractivity contribution >= 4 is 29.3 Å². The quantitative estimate of drug-likeness (QED) is 0.564. The molecule has 0 saturated carbocycles. The molecule has 2 heterocycles. The van der Waals surface area contributed by atoms with Gasteiger partial charge in [-0.15, -0.1) is 0 Å². The van der Waals surface area contributed by atoms with Crippen molar-refractivity contribution in [1.29, 1.82) is 0 Å². The summed E-state index contributed by atoms with van der Waals surface area (Å²) < 4.78 is 0. The molecule has 1 fully saturated rings. The van der Waals surface area contributed by atoms with E-state index in [0.717, 1.165) is 0 Å². The van der Waals surface area contributed by atoms with Gasteiger partial charge in [0.1, 0.15) is 0 Å². The molecule has 0 aromatic carbocycles. The van der Waals surface area contributed by atoms with Crippen LogP contribution in [0, 0.1) is 0 Å². The van der Waals surface area contributed by atoms with Gasteiger partial charge in [-0.25, -0.2) is 9.78 Å². The molecule has 0 atom stereocenters. The molecule has 1 aromatic rings. The van der Waals surface area contributed by atoms with Crippen molar-refractivity contribution in [1.82, 2.24) is 10.3 Å². The van der Waals surface area contributed by atoms with Crippen molar-refractivity contribution in [2.45, 2.75) is 0 Å². The highest BCUT2D eigenvalue weighted by atomic mass is 16.4. The Morgan fingerprint density at radius 1 is 1.33 bits per heavy atom. The molecule has 0 radical (unpaired) electrons. The number of hydrogen-bond donors (Lipinski definition) is 3. The SMILES string of the molecule is Nc1ccc(C(=O)O)nc1N1CC(=O)NC(=O)C1. The van der Waals surface area contributed by atoms with Crippen LogP contribution in [0.4, 0.5) is 11.5 Å². The van der Waals surface area contributed by atoms with Gasteiger partial charge in [-0.3, -0.25) is 14.9 Å². The number of piperazine rings is 1. The van der Waals surface area contributed by atoms with E-state index in [1.807, 2.05) is 0 Å². The van der Waals surface area contributed by atoms with Gasteiger partial charge < -0.3 is 15.7 Å². The third-order valence-corrected chi connectivity index (χ3v) is 2.37. The molecule has 1 aromatic heterocycles. The Kier molecular flexibility index (Phi) is 2.84. The normalized spacial score (nSPS) is 15.4. The first kappa shape index (κ1) is 11.8. The average Bonchev–Trinajstić information content (AvgIpc) is 2.27. The number of aromatic nitrogens is 1. The zero-order chi connectivity index (χ0) is 13.3. The van der Waals surface area contributed by atoms with Gasteiger partial charge in [0.05, 0.1) is 18.8 Å². The third-order valence-electron chi connectivity index (χ3n) is 2.37. The van der Waals surface area contributed by atoms with E-state index in [4.69, 9.17) is 10.8 Å². The topological polar surface area (TPSA) is 126 Å². The molecule has 1 saturated heterocycles. The fourth-order valence-electron chi connectivity index (χ4n) is 1.62. The first-order chi connectivity index (χ1) is 8.47. The second kappa shape index (κ2) is 4.32. The second-order valence-electron chi connectivity index (χ2n) is 3.74. The van der Waals surface area contributed by atoms with Crippen molar-refractivity contribution < 1.29 is 19.5 Å².